The SMILES string of the molecule is COc1cc(C(=O)N2C[C@H]3CC[C@@H]2[C@@H]3N)cc2nc(-c3cc4cccnc4n3CC3CC3)n(C[C@H]3C[C@](C)(OC)C3)c12. The molecule has 0 spiro atoms. The van der Waals surface area contributed by atoms with Crippen molar-refractivity contribution < 1.29 is 14.3 Å². The smallest absolute Gasteiger partial charge is 0.254 e. The van der Waals surface area contributed by atoms with Crippen LogP contribution in [0, 0.1) is 17.8 Å². The molecule has 4 aliphatic rings. The fourth-order valence-corrected chi connectivity index (χ4v) is 8.06. The van der Waals surface area contributed by atoms with Crippen LogP contribution in [-0.2, 0) is 17.8 Å². The van der Waals surface area contributed by atoms with Crippen molar-refractivity contribution in [3.8, 4) is 17.3 Å². The number of carbonyl (C=O) groups is 1. The van der Waals surface area contributed by atoms with Gasteiger partial charge < -0.3 is 29.2 Å². The van der Waals surface area contributed by atoms with Crippen LogP contribution in [0.1, 0.15) is 55.8 Å². The number of fused-ring (bicyclic) bond motifs is 4. The van der Waals surface area contributed by atoms with Crippen molar-refractivity contribution in [2.45, 2.75) is 76.2 Å². The quantitative estimate of drug-likeness (QED) is 0.326. The number of carbonyl (C=O) groups excluding carboxylic acids is 1. The Balaban J connectivity index is 1.27. The van der Waals surface area contributed by atoms with Crippen molar-refractivity contribution in [1.82, 2.24) is 24.0 Å². The highest BCUT2D eigenvalue weighted by molar-refractivity contribution is 6.00. The van der Waals surface area contributed by atoms with E-state index in [9.17, 15) is 4.79 Å². The molecule has 3 aromatic heterocycles. The average molecular weight is 569 g/mol. The van der Waals surface area contributed by atoms with Crippen LogP contribution in [0.15, 0.2) is 36.5 Å². The Kier molecular flexibility index (Phi) is 5.96. The van der Waals surface area contributed by atoms with Gasteiger partial charge in [-0.1, -0.05) is 0 Å². The fraction of sp³-hybridized carbons (Fsp3) is 0.545. The van der Waals surface area contributed by atoms with Gasteiger partial charge in [0, 0.05) is 56.0 Å². The van der Waals surface area contributed by atoms with E-state index in [0.717, 1.165) is 78.9 Å². The highest BCUT2D eigenvalue weighted by Crippen LogP contribution is 2.44. The van der Waals surface area contributed by atoms with Crippen LogP contribution in [0.5, 0.6) is 5.75 Å². The molecule has 3 atom stereocenters. The lowest BCUT2D eigenvalue weighted by molar-refractivity contribution is -0.0937. The van der Waals surface area contributed by atoms with Gasteiger partial charge in [-0.3, -0.25) is 4.79 Å². The first-order valence-electron chi connectivity index (χ1n) is 15.5. The molecule has 1 saturated heterocycles. The minimum absolute atomic E-state index is 0.0239. The van der Waals surface area contributed by atoms with Crippen LogP contribution in [0.4, 0.5) is 0 Å². The molecular weight excluding hydrogens is 528 g/mol. The lowest BCUT2D eigenvalue weighted by atomic mass is 9.72. The largest absolute Gasteiger partial charge is 0.494 e. The van der Waals surface area contributed by atoms with Gasteiger partial charge in [-0.15, -0.1) is 0 Å². The molecule has 1 aromatic carbocycles. The van der Waals surface area contributed by atoms with Crippen LogP contribution in [0.25, 0.3) is 33.6 Å². The Morgan fingerprint density at radius 2 is 1.88 bits per heavy atom. The van der Waals surface area contributed by atoms with Gasteiger partial charge in [0.2, 0.25) is 0 Å². The molecular formula is C33H40N6O3. The molecule has 4 fully saturated rings. The number of amides is 1. The summed E-state index contributed by atoms with van der Waals surface area (Å²) < 4.78 is 16.5. The number of nitrogens with zero attached hydrogens (tertiary/aromatic N) is 5. The van der Waals surface area contributed by atoms with Gasteiger partial charge in [0.1, 0.15) is 16.9 Å². The van der Waals surface area contributed by atoms with E-state index in [-0.39, 0.29) is 23.6 Å². The van der Waals surface area contributed by atoms with Crippen LogP contribution in [0.3, 0.4) is 0 Å². The van der Waals surface area contributed by atoms with Crippen molar-refractivity contribution in [2.24, 2.45) is 23.5 Å². The third-order valence-electron chi connectivity index (χ3n) is 10.6. The van der Waals surface area contributed by atoms with Gasteiger partial charge in [0.25, 0.3) is 5.91 Å². The Bertz CT molecular complexity index is 1700. The first kappa shape index (κ1) is 26.2. The van der Waals surface area contributed by atoms with Crippen LogP contribution in [-0.4, -0.2) is 68.4 Å². The molecule has 8 rings (SSSR count). The number of imidazole rings is 1. The summed E-state index contributed by atoms with van der Waals surface area (Å²) >= 11 is 0. The summed E-state index contributed by atoms with van der Waals surface area (Å²) in [5.41, 5.74) is 10.8. The summed E-state index contributed by atoms with van der Waals surface area (Å²) in [6, 6.07) is 10.4. The first-order valence-corrected chi connectivity index (χ1v) is 15.5. The number of piperidine rings is 1. The normalized spacial score (nSPS) is 28.6. The topological polar surface area (TPSA) is 100 Å². The maximum absolute atomic E-state index is 13.8. The highest BCUT2D eigenvalue weighted by atomic mass is 16.5. The van der Waals surface area contributed by atoms with Crippen molar-refractivity contribution in [3.63, 3.8) is 0 Å². The molecule has 9 nitrogen and oxygen atoms in total. The maximum Gasteiger partial charge on any atom is 0.254 e. The molecule has 2 N–H and O–H groups in total. The number of methoxy groups -OCH3 is 2. The molecule has 4 heterocycles. The van der Waals surface area contributed by atoms with Gasteiger partial charge in [0.15, 0.2) is 5.82 Å². The molecule has 3 saturated carbocycles. The predicted octanol–water partition coefficient (Wildman–Crippen LogP) is 4.85. The summed E-state index contributed by atoms with van der Waals surface area (Å²) in [4.78, 5) is 25.9. The van der Waals surface area contributed by atoms with Gasteiger partial charge in [-0.05, 0) is 93.5 Å². The summed E-state index contributed by atoms with van der Waals surface area (Å²) in [5, 5.41) is 1.12. The van der Waals surface area contributed by atoms with Crippen LogP contribution in [0.2, 0.25) is 0 Å². The molecule has 3 aliphatic carbocycles. The Hall–Kier alpha value is -3.43. The zero-order valence-electron chi connectivity index (χ0n) is 24.8. The zero-order valence-corrected chi connectivity index (χ0v) is 24.8. The van der Waals surface area contributed by atoms with E-state index < -0.39 is 0 Å². The second-order valence-electron chi connectivity index (χ2n) is 13.5. The average Bonchev–Trinajstić information content (AvgIpc) is 3.35. The number of pyridine rings is 1. The number of hydrogen-bond acceptors (Lipinski definition) is 6. The number of benzene rings is 1. The van der Waals surface area contributed by atoms with Crippen molar-refractivity contribution >= 4 is 28.0 Å². The summed E-state index contributed by atoms with van der Waals surface area (Å²) in [6.45, 7) is 4.66. The molecule has 0 unspecified atom stereocenters. The summed E-state index contributed by atoms with van der Waals surface area (Å²) in [7, 11) is 3.49. The minimum Gasteiger partial charge on any atom is -0.494 e. The number of nitrogens with two attached hydrogens (primary N) is 1. The van der Waals surface area contributed by atoms with E-state index in [1.807, 2.05) is 29.3 Å². The molecule has 0 radical (unpaired) electrons. The standard InChI is InChI=1S/C33H40N6O3/c1-33(42-3)14-20(15-33)17-39-29-24(11-23(13-27(29)41-2)32(40)38-18-22-8-9-25(38)28(22)34)36-31(39)26-12-21-5-4-10-35-30(21)37(26)16-19-6-7-19/h4-5,10-13,19-20,22,25,28H,6-9,14-18,34H2,1-3H3/t20-,22-,25-,28-,33-/m1/s1. The fourth-order valence-electron chi connectivity index (χ4n) is 8.06. The van der Waals surface area contributed by atoms with Gasteiger partial charge in [-0.25, -0.2) is 9.97 Å². The third-order valence-corrected chi connectivity index (χ3v) is 10.6. The molecule has 4 aromatic rings. The number of hydrogen-bond donors (Lipinski definition) is 1. The monoisotopic (exact) mass is 568 g/mol. The van der Waals surface area contributed by atoms with Crippen molar-refractivity contribution in [2.75, 3.05) is 20.8 Å². The van der Waals surface area contributed by atoms with E-state index in [1.54, 1.807) is 14.2 Å². The van der Waals surface area contributed by atoms with E-state index in [1.165, 1.54) is 12.8 Å². The summed E-state index contributed by atoms with van der Waals surface area (Å²) in [6.07, 6.45) is 8.45. The lowest BCUT2D eigenvalue weighted by Crippen LogP contribution is -2.44. The number of rotatable bonds is 8. The maximum atomic E-state index is 13.8. The second-order valence-corrected chi connectivity index (χ2v) is 13.5. The summed E-state index contributed by atoms with van der Waals surface area (Å²) in [5.74, 6) is 3.14. The highest BCUT2D eigenvalue weighted by Gasteiger charge is 2.47. The Morgan fingerprint density at radius 3 is 2.57 bits per heavy atom. The molecule has 2 bridgehead atoms. The van der Waals surface area contributed by atoms with Gasteiger partial charge >= 0.3 is 0 Å². The minimum atomic E-state index is -0.0777. The third kappa shape index (κ3) is 4.07. The van der Waals surface area contributed by atoms with Gasteiger partial charge in [-0.2, -0.15) is 0 Å². The van der Waals surface area contributed by atoms with E-state index in [0.29, 0.717) is 29.1 Å². The predicted molar refractivity (Wildman–Crippen MR) is 161 cm³/mol. The van der Waals surface area contributed by atoms with Crippen molar-refractivity contribution in [1.29, 1.82) is 0 Å². The van der Waals surface area contributed by atoms with Crippen LogP contribution >= 0.6 is 0 Å². The number of aromatic nitrogens is 4. The van der Waals surface area contributed by atoms with E-state index >= 15 is 0 Å². The lowest BCUT2D eigenvalue weighted by Gasteiger charge is -2.44. The Morgan fingerprint density at radius 1 is 1.07 bits per heavy atom. The molecule has 42 heavy (non-hydrogen) atoms. The van der Waals surface area contributed by atoms with E-state index in [2.05, 4.69) is 28.2 Å². The number of likely N-dealkylation sites (tertiary alicyclic amines) is 1. The second kappa shape index (κ2) is 9.54. The molecule has 9 heteroatoms. The van der Waals surface area contributed by atoms with Gasteiger partial charge in [0.05, 0.1) is 23.9 Å². The number of ether oxygens (including phenoxy) is 2. The molecule has 1 aliphatic heterocycles. The van der Waals surface area contributed by atoms with Crippen LogP contribution < -0.4 is 10.5 Å². The van der Waals surface area contributed by atoms with E-state index in [4.69, 9.17) is 25.2 Å². The first-order chi connectivity index (χ1) is 20.4. The molecule has 1 amide bonds. The van der Waals surface area contributed by atoms with Crippen molar-refractivity contribution in [3.05, 3.63) is 42.1 Å². The molecule has 220 valence electrons. The zero-order chi connectivity index (χ0) is 28.7. The Labute approximate surface area is 246 Å².